The van der Waals surface area contributed by atoms with Crippen molar-refractivity contribution in [1.82, 2.24) is 20.2 Å². The van der Waals surface area contributed by atoms with Gasteiger partial charge in [-0.25, -0.2) is 4.79 Å². The summed E-state index contributed by atoms with van der Waals surface area (Å²) in [5.41, 5.74) is 3.15. The van der Waals surface area contributed by atoms with E-state index < -0.39 is 5.97 Å². The minimum Gasteiger partial charge on any atom is -0.453 e. The lowest BCUT2D eigenvalue weighted by molar-refractivity contribution is -0.140. The first-order valence-electron chi connectivity index (χ1n) is 8.77. The summed E-state index contributed by atoms with van der Waals surface area (Å²) in [6.07, 6.45) is 0. The lowest BCUT2D eigenvalue weighted by Gasteiger charge is -1.98. The van der Waals surface area contributed by atoms with Crippen LogP contribution in [0, 0.1) is 0 Å². The molecule has 0 aliphatic carbocycles. The second-order valence-electron chi connectivity index (χ2n) is 6.34. The van der Waals surface area contributed by atoms with Gasteiger partial charge >= 0.3 is 5.97 Å². The summed E-state index contributed by atoms with van der Waals surface area (Å²) in [5, 5.41) is 9.59. The standard InChI is InChI=1S/C20H15N5O3S/c21-28-18(26)10-29-20-23-19(24-25-20)17-8-7-16(27-17)11-5-6-15-13(9-11)12-3-1-2-4-14(12)22-15/h1-9,22H,10,21H2,(H,23,24,25). The molecule has 29 heavy (non-hydrogen) atoms. The number of hydrogen-bond donors (Lipinski definition) is 3. The summed E-state index contributed by atoms with van der Waals surface area (Å²) in [6.45, 7) is 0. The first-order chi connectivity index (χ1) is 14.2. The third kappa shape index (κ3) is 3.26. The zero-order valence-corrected chi connectivity index (χ0v) is 15.8. The fourth-order valence-corrected chi connectivity index (χ4v) is 3.78. The number of nitrogens with one attached hydrogen (secondary N) is 2. The van der Waals surface area contributed by atoms with Crippen LogP contribution in [0.15, 0.2) is 64.2 Å². The van der Waals surface area contributed by atoms with E-state index in [2.05, 4.69) is 43.2 Å². The van der Waals surface area contributed by atoms with Gasteiger partial charge in [-0.15, -0.1) is 5.10 Å². The van der Waals surface area contributed by atoms with Crippen molar-refractivity contribution in [2.45, 2.75) is 5.16 Å². The first kappa shape index (κ1) is 17.5. The Balaban J connectivity index is 1.43. The summed E-state index contributed by atoms with van der Waals surface area (Å²) >= 11 is 1.12. The van der Waals surface area contributed by atoms with Crippen LogP contribution in [0.1, 0.15) is 0 Å². The van der Waals surface area contributed by atoms with E-state index in [1.54, 1.807) is 0 Å². The SMILES string of the molecule is NOC(=O)CSc1n[nH]c(-c2ccc(-c3ccc4[nH]c5ccccc5c4c3)o2)n1. The van der Waals surface area contributed by atoms with Crippen LogP contribution >= 0.6 is 11.8 Å². The van der Waals surface area contributed by atoms with Gasteiger partial charge in [0.25, 0.3) is 0 Å². The molecule has 0 unspecified atom stereocenters. The van der Waals surface area contributed by atoms with Crippen LogP contribution in [0.3, 0.4) is 0 Å². The Morgan fingerprint density at radius 2 is 1.90 bits per heavy atom. The summed E-state index contributed by atoms with van der Waals surface area (Å²) in [4.78, 5) is 23.0. The second kappa shape index (κ2) is 7.12. The lowest BCUT2D eigenvalue weighted by atomic mass is 10.1. The Labute approximate surface area is 168 Å². The molecule has 0 saturated carbocycles. The van der Waals surface area contributed by atoms with Crippen molar-refractivity contribution >= 4 is 39.5 Å². The van der Waals surface area contributed by atoms with Crippen LogP contribution in [0.25, 0.3) is 44.7 Å². The molecule has 0 aliphatic heterocycles. The third-order valence-electron chi connectivity index (χ3n) is 4.55. The molecule has 8 nitrogen and oxygen atoms in total. The monoisotopic (exact) mass is 405 g/mol. The first-order valence-corrected chi connectivity index (χ1v) is 9.75. The number of nitrogens with zero attached hydrogens (tertiary/aromatic N) is 2. The molecule has 0 atom stereocenters. The topological polar surface area (TPSA) is 123 Å². The highest BCUT2D eigenvalue weighted by Gasteiger charge is 2.14. The highest BCUT2D eigenvalue weighted by molar-refractivity contribution is 7.99. The highest BCUT2D eigenvalue weighted by Crippen LogP contribution is 2.32. The number of aromatic amines is 2. The van der Waals surface area contributed by atoms with Crippen molar-refractivity contribution in [2.75, 3.05) is 5.75 Å². The maximum atomic E-state index is 11.1. The number of para-hydroxylation sites is 1. The van der Waals surface area contributed by atoms with Crippen LogP contribution in [-0.2, 0) is 9.63 Å². The van der Waals surface area contributed by atoms with Crippen LogP contribution < -0.4 is 5.90 Å². The van der Waals surface area contributed by atoms with Crippen molar-refractivity contribution in [1.29, 1.82) is 0 Å². The smallest absolute Gasteiger partial charge is 0.334 e. The van der Waals surface area contributed by atoms with E-state index in [1.807, 2.05) is 36.4 Å². The normalized spacial score (nSPS) is 11.3. The number of aromatic nitrogens is 4. The average molecular weight is 405 g/mol. The molecule has 5 rings (SSSR count). The summed E-state index contributed by atoms with van der Waals surface area (Å²) in [6, 6.07) is 18.1. The fourth-order valence-electron chi connectivity index (χ4n) is 3.20. The van der Waals surface area contributed by atoms with E-state index in [4.69, 9.17) is 10.3 Å². The van der Waals surface area contributed by atoms with Gasteiger partial charge in [-0.3, -0.25) is 5.10 Å². The number of benzene rings is 2. The van der Waals surface area contributed by atoms with E-state index in [-0.39, 0.29) is 5.75 Å². The summed E-state index contributed by atoms with van der Waals surface area (Å²) in [5.74, 6) is 6.06. The van der Waals surface area contributed by atoms with Gasteiger partial charge in [0.15, 0.2) is 11.6 Å². The Kier molecular flexibility index (Phi) is 4.30. The highest BCUT2D eigenvalue weighted by atomic mass is 32.2. The van der Waals surface area contributed by atoms with Crippen molar-refractivity contribution in [3.05, 3.63) is 54.6 Å². The van der Waals surface area contributed by atoms with Crippen LogP contribution in [-0.4, -0.2) is 31.9 Å². The molecule has 144 valence electrons. The molecule has 0 bridgehead atoms. The average Bonchev–Trinajstić information content (AvgIpc) is 3.49. The minimum atomic E-state index is -0.547. The number of carbonyl (C=O) groups is 1. The van der Waals surface area contributed by atoms with Gasteiger partial charge in [-0.05, 0) is 36.4 Å². The molecule has 2 aromatic carbocycles. The number of nitrogens with two attached hydrogens (primary N) is 1. The summed E-state index contributed by atoms with van der Waals surface area (Å²) < 4.78 is 5.99. The predicted octanol–water partition coefficient (Wildman–Crippen LogP) is 3.88. The molecule has 4 N–H and O–H groups in total. The summed E-state index contributed by atoms with van der Waals surface area (Å²) in [7, 11) is 0. The van der Waals surface area contributed by atoms with Crippen molar-refractivity contribution in [2.24, 2.45) is 5.90 Å². The molecule has 5 aromatic rings. The van der Waals surface area contributed by atoms with E-state index in [1.165, 1.54) is 5.39 Å². The molecule has 0 amide bonds. The van der Waals surface area contributed by atoms with Crippen molar-refractivity contribution < 1.29 is 14.0 Å². The van der Waals surface area contributed by atoms with Gasteiger partial charge in [-0.1, -0.05) is 30.0 Å². The number of H-pyrrole nitrogens is 2. The lowest BCUT2D eigenvalue weighted by Crippen LogP contribution is -2.11. The van der Waals surface area contributed by atoms with Crippen molar-refractivity contribution in [3.8, 4) is 22.9 Å². The maximum absolute atomic E-state index is 11.1. The van der Waals surface area contributed by atoms with E-state index >= 15 is 0 Å². The quantitative estimate of drug-likeness (QED) is 0.299. The van der Waals surface area contributed by atoms with Crippen LogP contribution in [0.5, 0.6) is 0 Å². The van der Waals surface area contributed by atoms with Gasteiger partial charge in [-0.2, -0.15) is 10.9 Å². The second-order valence-corrected chi connectivity index (χ2v) is 7.28. The zero-order valence-electron chi connectivity index (χ0n) is 15.0. The molecule has 0 spiro atoms. The number of fused-ring (bicyclic) bond motifs is 3. The van der Waals surface area contributed by atoms with E-state index in [9.17, 15) is 4.79 Å². The molecule has 3 aromatic heterocycles. The number of hydrogen-bond acceptors (Lipinski definition) is 7. The van der Waals surface area contributed by atoms with Gasteiger partial charge in [0.2, 0.25) is 5.16 Å². The number of carbonyl (C=O) groups excluding carboxylic acids is 1. The molecule has 0 radical (unpaired) electrons. The van der Waals surface area contributed by atoms with Gasteiger partial charge in [0, 0.05) is 27.4 Å². The third-order valence-corrected chi connectivity index (χ3v) is 5.37. The van der Waals surface area contributed by atoms with Crippen LogP contribution in [0.2, 0.25) is 0 Å². The van der Waals surface area contributed by atoms with Gasteiger partial charge in [0.1, 0.15) is 11.5 Å². The molecule has 0 fully saturated rings. The minimum absolute atomic E-state index is 0.0296. The maximum Gasteiger partial charge on any atom is 0.334 e. The Bertz CT molecular complexity index is 1340. The zero-order chi connectivity index (χ0) is 19.8. The largest absolute Gasteiger partial charge is 0.453 e. The Morgan fingerprint density at radius 1 is 1.07 bits per heavy atom. The molecular weight excluding hydrogens is 390 g/mol. The molecule has 3 heterocycles. The number of furan rings is 1. The molecular formula is C20H15N5O3S. The van der Waals surface area contributed by atoms with Gasteiger partial charge in [0.05, 0.1) is 0 Å². The van der Waals surface area contributed by atoms with E-state index in [0.29, 0.717) is 16.7 Å². The number of rotatable bonds is 5. The molecule has 0 saturated heterocycles. The van der Waals surface area contributed by atoms with Crippen molar-refractivity contribution in [3.63, 3.8) is 0 Å². The predicted molar refractivity (Wildman–Crippen MR) is 110 cm³/mol. The Morgan fingerprint density at radius 3 is 2.79 bits per heavy atom. The van der Waals surface area contributed by atoms with E-state index in [0.717, 1.165) is 39.5 Å². The van der Waals surface area contributed by atoms with Crippen LogP contribution in [0.4, 0.5) is 0 Å². The van der Waals surface area contributed by atoms with Gasteiger partial charge < -0.3 is 14.2 Å². The Hall–Kier alpha value is -3.56. The molecule has 0 aliphatic rings. The molecule has 9 heteroatoms. The fraction of sp³-hybridized carbons (Fsp3) is 0.0500. The number of thioether (sulfide) groups is 1.